The SMILES string of the molecule is O=C1Nc2cc(O)ccc2CC1c1ccc(O)cc1. The maximum atomic E-state index is 12.1. The van der Waals surface area contributed by atoms with Crippen LogP contribution in [0.3, 0.4) is 0 Å². The van der Waals surface area contributed by atoms with E-state index < -0.39 is 0 Å². The van der Waals surface area contributed by atoms with Crippen LogP contribution in [0.2, 0.25) is 0 Å². The number of aromatic hydroxyl groups is 2. The highest BCUT2D eigenvalue weighted by atomic mass is 16.3. The topological polar surface area (TPSA) is 69.6 Å². The minimum absolute atomic E-state index is 0.0937. The summed E-state index contributed by atoms with van der Waals surface area (Å²) in [6.07, 6.45) is 0.590. The lowest BCUT2D eigenvalue weighted by Crippen LogP contribution is -2.28. The Morgan fingerprint density at radius 1 is 1.00 bits per heavy atom. The summed E-state index contributed by atoms with van der Waals surface area (Å²) in [6.45, 7) is 0. The largest absolute Gasteiger partial charge is 0.508 e. The third-order valence-corrected chi connectivity index (χ3v) is 3.39. The molecule has 0 fully saturated rings. The molecule has 0 saturated heterocycles. The highest BCUT2D eigenvalue weighted by molar-refractivity contribution is 5.99. The summed E-state index contributed by atoms with van der Waals surface area (Å²) in [4.78, 5) is 12.1. The summed E-state index contributed by atoms with van der Waals surface area (Å²) in [5.41, 5.74) is 2.53. The van der Waals surface area contributed by atoms with Gasteiger partial charge in [-0.1, -0.05) is 18.2 Å². The first kappa shape index (κ1) is 11.6. The Bertz CT molecular complexity index is 634. The maximum Gasteiger partial charge on any atom is 0.232 e. The van der Waals surface area contributed by atoms with Crippen LogP contribution in [-0.2, 0) is 11.2 Å². The van der Waals surface area contributed by atoms with Crippen molar-refractivity contribution in [2.24, 2.45) is 0 Å². The van der Waals surface area contributed by atoms with E-state index in [-0.39, 0.29) is 23.3 Å². The number of phenolic OH excluding ortho intramolecular Hbond substituents is 2. The number of nitrogens with one attached hydrogen (secondary N) is 1. The predicted octanol–water partition coefficient (Wildman–Crippen LogP) is 2.38. The third-order valence-electron chi connectivity index (χ3n) is 3.39. The Morgan fingerprint density at radius 3 is 2.42 bits per heavy atom. The van der Waals surface area contributed by atoms with Crippen molar-refractivity contribution in [3.63, 3.8) is 0 Å². The molecule has 2 aromatic rings. The molecule has 0 bridgehead atoms. The van der Waals surface area contributed by atoms with E-state index in [1.807, 2.05) is 6.07 Å². The number of rotatable bonds is 1. The zero-order valence-corrected chi connectivity index (χ0v) is 10.1. The number of fused-ring (bicyclic) bond motifs is 1. The van der Waals surface area contributed by atoms with Gasteiger partial charge in [-0.25, -0.2) is 0 Å². The monoisotopic (exact) mass is 255 g/mol. The van der Waals surface area contributed by atoms with E-state index in [1.165, 1.54) is 0 Å². The van der Waals surface area contributed by atoms with E-state index >= 15 is 0 Å². The number of benzene rings is 2. The van der Waals surface area contributed by atoms with Gasteiger partial charge < -0.3 is 15.5 Å². The van der Waals surface area contributed by atoms with Gasteiger partial charge in [-0.2, -0.15) is 0 Å². The van der Waals surface area contributed by atoms with Crippen LogP contribution in [0, 0.1) is 0 Å². The van der Waals surface area contributed by atoms with Crippen molar-refractivity contribution in [1.82, 2.24) is 0 Å². The summed E-state index contributed by atoms with van der Waals surface area (Å²) < 4.78 is 0. The molecular weight excluding hydrogens is 242 g/mol. The molecule has 4 nitrogen and oxygen atoms in total. The number of hydrogen-bond donors (Lipinski definition) is 3. The molecule has 96 valence electrons. The number of hydrogen-bond acceptors (Lipinski definition) is 3. The summed E-state index contributed by atoms with van der Waals surface area (Å²) in [6, 6.07) is 11.7. The highest BCUT2D eigenvalue weighted by Crippen LogP contribution is 2.33. The molecule has 1 heterocycles. The fourth-order valence-corrected chi connectivity index (χ4v) is 2.37. The number of carbonyl (C=O) groups excluding carboxylic acids is 1. The quantitative estimate of drug-likeness (QED) is 0.732. The van der Waals surface area contributed by atoms with Gasteiger partial charge in [0, 0.05) is 11.8 Å². The average Bonchev–Trinajstić information content (AvgIpc) is 2.39. The van der Waals surface area contributed by atoms with Crippen LogP contribution in [0.1, 0.15) is 17.0 Å². The van der Waals surface area contributed by atoms with Crippen LogP contribution >= 0.6 is 0 Å². The third kappa shape index (κ3) is 2.12. The van der Waals surface area contributed by atoms with Gasteiger partial charge >= 0.3 is 0 Å². The van der Waals surface area contributed by atoms with Crippen molar-refractivity contribution in [3.05, 3.63) is 53.6 Å². The van der Waals surface area contributed by atoms with Crippen LogP contribution in [0.5, 0.6) is 11.5 Å². The lowest BCUT2D eigenvalue weighted by atomic mass is 9.87. The molecule has 1 aliphatic heterocycles. The lowest BCUT2D eigenvalue weighted by Gasteiger charge is -2.25. The number of amides is 1. The predicted molar refractivity (Wildman–Crippen MR) is 71.3 cm³/mol. The first-order chi connectivity index (χ1) is 9.13. The molecule has 1 aliphatic rings. The molecule has 0 spiro atoms. The fourth-order valence-electron chi connectivity index (χ4n) is 2.37. The van der Waals surface area contributed by atoms with Crippen molar-refractivity contribution in [2.75, 3.05) is 5.32 Å². The number of phenols is 2. The van der Waals surface area contributed by atoms with E-state index in [2.05, 4.69) is 5.32 Å². The first-order valence-electron chi connectivity index (χ1n) is 6.05. The van der Waals surface area contributed by atoms with Crippen LogP contribution in [0.25, 0.3) is 0 Å². The normalized spacial score (nSPS) is 17.7. The zero-order valence-electron chi connectivity index (χ0n) is 10.1. The van der Waals surface area contributed by atoms with Crippen molar-refractivity contribution in [1.29, 1.82) is 0 Å². The van der Waals surface area contributed by atoms with E-state index in [9.17, 15) is 15.0 Å². The van der Waals surface area contributed by atoms with E-state index in [4.69, 9.17) is 0 Å². The number of anilines is 1. The van der Waals surface area contributed by atoms with E-state index in [0.29, 0.717) is 12.1 Å². The molecule has 1 atom stereocenters. The summed E-state index contributed by atoms with van der Waals surface area (Å²) >= 11 is 0. The molecule has 1 amide bonds. The average molecular weight is 255 g/mol. The summed E-state index contributed by atoms with van der Waals surface area (Å²) in [7, 11) is 0. The Hall–Kier alpha value is -2.49. The second kappa shape index (κ2) is 4.31. The van der Waals surface area contributed by atoms with E-state index in [1.54, 1.807) is 36.4 Å². The Morgan fingerprint density at radius 2 is 1.68 bits per heavy atom. The lowest BCUT2D eigenvalue weighted by molar-refractivity contribution is -0.117. The van der Waals surface area contributed by atoms with Crippen LogP contribution in [0.15, 0.2) is 42.5 Å². The number of carbonyl (C=O) groups is 1. The molecular formula is C15H13NO3. The molecule has 0 aliphatic carbocycles. The zero-order chi connectivity index (χ0) is 13.4. The van der Waals surface area contributed by atoms with Crippen LogP contribution in [-0.4, -0.2) is 16.1 Å². The fraction of sp³-hybridized carbons (Fsp3) is 0.133. The molecule has 0 saturated carbocycles. The van der Waals surface area contributed by atoms with E-state index in [0.717, 1.165) is 11.1 Å². The van der Waals surface area contributed by atoms with Crippen LogP contribution in [0.4, 0.5) is 5.69 Å². The summed E-state index contributed by atoms with van der Waals surface area (Å²) in [5.74, 6) is -0.0335. The van der Waals surface area contributed by atoms with Gasteiger partial charge in [0.1, 0.15) is 11.5 Å². The molecule has 3 rings (SSSR count). The molecule has 19 heavy (non-hydrogen) atoms. The van der Waals surface area contributed by atoms with Gasteiger partial charge in [0.2, 0.25) is 5.91 Å². The smallest absolute Gasteiger partial charge is 0.232 e. The van der Waals surface area contributed by atoms with Crippen molar-refractivity contribution < 1.29 is 15.0 Å². The Kier molecular flexibility index (Phi) is 2.63. The Balaban J connectivity index is 1.95. The molecule has 1 unspecified atom stereocenters. The second-order valence-corrected chi connectivity index (χ2v) is 4.68. The molecule has 0 aromatic heterocycles. The van der Waals surface area contributed by atoms with Gasteiger partial charge in [0.25, 0.3) is 0 Å². The maximum absolute atomic E-state index is 12.1. The van der Waals surface area contributed by atoms with Crippen molar-refractivity contribution in [3.8, 4) is 11.5 Å². The summed E-state index contributed by atoms with van der Waals surface area (Å²) in [5, 5.41) is 21.5. The molecule has 4 heteroatoms. The van der Waals surface area contributed by atoms with Gasteiger partial charge in [-0.15, -0.1) is 0 Å². The second-order valence-electron chi connectivity index (χ2n) is 4.68. The minimum atomic E-state index is -0.266. The molecule has 3 N–H and O–H groups in total. The van der Waals surface area contributed by atoms with Gasteiger partial charge in [0.05, 0.1) is 5.92 Å². The van der Waals surface area contributed by atoms with Gasteiger partial charge in [0.15, 0.2) is 0 Å². The van der Waals surface area contributed by atoms with Crippen LogP contribution < -0.4 is 5.32 Å². The van der Waals surface area contributed by atoms with Gasteiger partial charge in [-0.05, 0) is 35.7 Å². The van der Waals surface area contributed by atoms with Crippen molar-refractivity contribution >= 4 is 11.6 Å². The Labute approximate surface area is 110 Å². The standard InChI is InChI=1S/C15H13NO3/c17-11-4-1-9(2-5-11)13-7-10-3-6-12(18)8-14(10)16-15(13)19/h1-6,8,13,17-18H,7H2,(H,16,19). The van der Waals surface area contributed by atoms with Gasteiger partial charge in [-0.3, -0.25) is 4.79 Å². The van der Waals surface area contributed by atoms with Crippen molar-refractivity contribution in [2.45, 2.75) is 12.3 Å². The first-order valence-corrected chi connectivity index (χ1v) is 6.05. The molecule has 2 aromatic carbocycles. The minimum Gasteiger partial charge on any atom is -0.508 e. The molecule has 0 radical (unpaired) electrons. The highest BCUT2D eigenvalue weighted by Gasteiger charge is 2.27.